The Kier molecular flexibility index (Phi) is 4.81. The van der Waals surface area contributed by atoms with Crippen molar-refractivity contribution in [3.05, 3.63) is 65.5 Å². The second kappa shape index (κ2) is 6.78. The van der Waals surface area contributed by atoms with Gasteiger partial charge in [-0.3, -0.25) is 4.79 Å². The van der Waals surface area contributed by atoms with E-state index < -0.39 is 23.4 Å². The Balaban J connectivity index is 1.83. The summed E-state index contributed by atoms with van der Waals surface area (Å²) in [5.74, 6) is -1.99. The van der Waals surface area contributed by atoms with Gasteiger partial charge in [0.2, 0.25) is 0 Å². The number of rotatable bonds is 5. The van der Waals surface area contributed by atoms with Crippen LogP contribution in [-0.4, -0.2) is 12.5 Å². The second-order valence-electron chi connectivity index (χ2n) is 4.26. The molecular weight excluding hydrogens is 283 g/mol. The zero-order chi connectivity index (χ0) is 15.2. The minimum atomic E-state index is -0.609. The van der Waals surface area contributed by atoms with Crippen LogP contribution in [0.2, 0.25) is 0 Å². The third-order valence-electron chi connectivity index (χ3n) is 2.65. The summed E-state index contributed by atoms with van der Waals surface area (Å²) in [7, 11) is 0. The van der Waals surface area contributed by atoms with Gasteiger partial charge in [0, 0.05) is 18.2 Å². The molecule has 3 nitrogen and oxygen atoms in total. The molecule has 2 rings (SSSR count). The molecule has 0 bridgehead atoms. The van der Waals surface area contributed by atoms with Gasteiger partial charge < -0.3 is 10.1 Å². The summed E-state index contributed by atoms with van der Waals surface area (Å²) >= 11 is 0. The normalized spacial score (nSPS) is 10.2. The van der Waals surface area contributed by atoms with Gasteiger partial charge in [0.25, 0.3) is 5.91 Å². The Morgan fingerprint density at radius 3 is 2.57 bits per heavy atom. The third kappa shape index (κ3) is 4.52. The molecule has 110 valence electrons. The van der Waals surface area contributed by atoms with E-state index in [1.54, 1.807) is 0 Å². The van der Waals surface area contributed by atoms with Crippen LogP contribution in [0.25, 0.3) is 0 Å². The molecule has 6 heteroatoms. The van der Waals surface area contributed by atoms with Crippen LogP contribution in [0.15, 0.2) is 42.5 Å². The van der Waals surface area contributed by atoms with Gasteiger partial charge in [-0.25, -0.2) is 13.2 Å². The molecule has 21 heavy (non-hydrogen) atoms. The van der Waals surface area contributed by atoms with Crippen LogP contribution in [0.5, 0.6) is 5.75 Å². The van der Waals surface area contributed by atoms with E-state index in [1.807, 2.05) is 0 Å². The molecule has 0 heterocycles. The lowest BCUT2D eigenvalue weighted by atomic mass is 10.2. The summed E-state index contributed by atoms with van der Waals surface area (Å²) in [4.78, 5) is 11.5. The quantitative estimate of drug-likeness (QED) is 0.921. The average Bonchev–Trinajstić information content (AvgIpc) is 2.46. The molecule has 0 radical (unpaired) electrons. The van der Waals surface area contributed by atoms with E-state index in [-0.39, 0.29) is 24.5 Å². The highest BCUT2D eigenvalue weighted by molar-refractivity contribution is 5.77. The molecule has 0 spiro atoms. The van der Waals surface area contributed by atoms with Crippen LogP contribution in [0.4, 0.5) is 13.2 Å². The fourth-order valence-electron chi connectivity index (χ4n) is 1.63. The Morgan fingerprint density at radius 2 is 1.81 bits per heavy atom. The number of carbonyl (C=O) groups is 1. The van der Waals surface area contributed by atoms with Gasteiger partial charge in [-0.2, -0.15) is 0 Å². The fraction of sp³-hybridized carbons (Fsp3) is 0.133. The van der Waals surface area contributed by atoms with Crippen molar-refractivity contribution < 1.29 is 22.7 Å². The first-order valence-electron chi connectivity index (χ1n) is 6.13. The van der Waals surface area contributed by atoms with E-state index in [4.69, 9.17) is 4.74 Å². The average molecular weight is 295 g/mol. The highest BCUT2D eigenvalue weighted by Crippen LogP contribution is 2.12. The second-order valence-corrected chi connectivity index (χ2v) is 4.26. The molecule has 0 aromatic heterocycles. The first kappa shape index (κ1) is 14.9. The molecular formula is C15H12F3NO2. The third-order valence-corrected chi connectivity index (χ3v) is 2.65. The SMILES string of the molecule is O=C(COc1cccc(F)c1)NCc1cc(F)ccc1F. The minimum absolute atomic E-state index is 0.0362. The van der Waals surface area contributed by atoms with Gasteiger partial charge in [0.15, 0.2) is 6.61 Å². The highest BCUT2D eigenvalue weighted by Gasteiger charge is 2.07. The van der Waals surface area contributed by atoms with E-state index in [2.05, 4.69) is 5.32 Å². The van der Waals surface area contributed by atoms with Gasteiger partial charge >= 0.3 is 0 Å². The van der Waals surface area contributed by atoms with E-state index in [1.165, 1.54) is 18.2 Å². The maximum absolute atomic E-state index is 13.3. The topological polar surface area (TPSA) is 38.3 Å². The van der Waals surface area contributed by atoms with Gasteiger partial charge in [-0.15, -0.1) is 0 Å². The van der Waals surface area contributed by atoms with Crippen molar-refractivity contribution in [3.63, 3.8) is 0 Å². The first-order chi connectivity index (χ1) is 10.0. The molecule has 0 saturated carbocycles. The van der Waals surface area contributed by atoms with Crippen molar-refractivity contribution in [2.24, 2.45) is 0 Å². The van der Waals surface area contributed by atoms with E-state index >= 15 is 0 Å². The van der Waals surface area contributed by atoms with Crippen molar-refractivity contribution in [1.82, 2.24) is 5.32 Å². The predicted molar refractivity (Wildman–Crippen MR) is 70.1 cm³/mol. The van der Waals surface area contributed by atoms with Crippen molar-refractivity contribution >= 4 is 5.91 Å². The molecule has 0 aliphatic rings. The fourth-order valence-corrected chi connectivity index (χ4v) is 1.63. The lowest BCUT2D eigenvalue weighted by Crippen LogP contribution is -2.28. The molecule has 0 aliphatic carbocycles. The molecule has 2 aromatic carbocycles. The summed E-state index contributed by atoms with van der Waals surface area (Å²) in [6.07, 6.45) is 0. The van der Waals surface area contributed by atoms with Gasteiger partial charge in [0.1, 0.15) is 23.2 Å². The van der Waals surface area contributed by atoms with Crippen molar-refractivity contribution in [3.8, 4) is 5.75 Å². The number of benzene rings is 2. The molecule has 0 unspecified atom stereocenters. The Labute approximate surface area is 119 Å². The number of nitrogens with one attached hydrogen (secondary N) is 1. The molecule has 1 amide bonds. The number of carbonyl (C=O) groups excluding carboxylic acids is 1. The summed E-state index contributed by atoms with van der Waals surface area (Å²) in [6.45, 7) is -0.505. The lowest BCUT2D eigenvalue weighted by Gasteiger charge is -2.08. The number of hydrogen-bond donors (Lipinski definition) is 1. The number of amides is 1. The van der Waals surface area contributed by atoms with Gasteiger partial charge in [0.05, 0.1) is 0 Å². The predicted octanol–water partition coefficient (Wildman–Crippen LogP) is 2.80. The number of ether oxygens (including phenoxy) is 1. The van der Waals surface area contributed by atoms with E-state index in [9.17, 15) is 18.0 Å². The van der Waals surface area contributed by atoms with Crippen LogP contribution in [0.1, 0.15) is 5.56 Å². The molecule has 2 aromatic rings. The monoisotopic (exact) mass is 295 g/mol. The molecule has 0 saturated heterocycles. The molecule has 0 fully saturated rings. The van der Waals surface area contributed by atoms with Crippen molar-refractivity contribution in [2.45, 2.75) is 6.54 Å². The lowest BCUT2D eigenvalue weighted by molar-refractivity contribution is -0.123. The maximum atomic E-state index is 13.3. The highest BCUT2D eigenvalue weighted by atomic mass is 19.1. The zero-order valence-corrected chi connectivity index (χ0v) is 10.9. The standard InChI is InChI=1S/C15H12F3NO2/c16-11-2-1-3-13(7-11)21-9-15(20)19-8-10-6-12(17)4-5-14(10)18/h1-7H,8-9H2,(H,19,20). The first-order valence-corrected chi connectivity index (χ1v) is 6.13. The Morgan fingerprint density at radius 1 is 1.05 bits per heavy atom. The largest absolute Gasteiger partial charge is 0.484 e. The smallest absolute Gasteiger partial charge is 0.258 e. The minimum Gasteiger partial charge on any atom is -0.484 e. The van der Waals surface area contributed by atoms with Crippen LogP contribution in [0.3, 0.4) is 0 Å². The van der Waals surface area contributed by atoms with E-state index in [0.717, 1.165) is 24.3 Å². The Bertz CT molecular complexity index is 647. The van der Waals surface area contributed by atoms with Crippen molar-refractivity contribution in [1.29, 1.82) is 0 Å². The van der Waals surface area contributed by atoms with Crippen molar-refractivity contribution in [2.75, 3.05) is 6.61 Å². The molecule has 1 N–H and O–H groups in total. The number of halogens is 3. The van der Waals surface area contributed by atoms with Gasteiger partial charge in [-0.1, -0.05) is 6.07 Å². The van der Waals surface area contributed by atoms with Crippen LogP contribution >= 0.6 is 0 Å². The molecule has 0 atom stereocenters. The maximum Gasteiger partial charge on any atom is 0.258 e. The Hall–Kier alpha value is -2.50. The van der Waals surface area contributed by atoms with Gasteiger partial charge in [-0.05, 0) is 30.3 Å². The summed E-state index contributed by atoms with van der Waals surface area (Å²) in [6, 6.07) is 8.32. The zero-order valence-electron chi connectivity index (χ0n) is 10.9. The summed E-state index contributed by atoms with van der Waals surface area (Å²) in [5.41, 5.74) is 0.0362. The van der Waals surface area contributed by atoms with Crippen LogP contribution in [0, 0.1) is 17.5 Å². The molecule has 0 aliphatic heterocycles. The van der Waals surface area contributed by atoms with Crippen LogP contribution in [-0.2, 0) is 11.3 Å². The summed E-state index contributed by atoms with van der Waals surface area (Å²) in [5, 5.41) is 2.39. The number of hydrogen-bond acceptors (Lipinski definition) is 2. The summed E-state index contributed by atoms with van der Waals surface area (Å²) < 4.78 is 44.2. The van der Waals surface area contributed by atoms with Crippen LogP contribution < -0.4 is 10.1 Å². The van der Waals surface area contributed by atoms with E-state index in [0.29, 0.717) is 0 Å².